The minimum atomic E-state index is 0.710. The third-order valence-electron chi connectivity index (χ3n) is 3.21. The number of pyridine rings is 1. The minimum absolute atomic E-state index is 0.710. The number of hydrogen-bond acceptors (Lipinski definition) is 4. The Morgan fingerprint density at radius 2 is 2.10 bits per heavy atom. The quantitative estimate of drug-likeness (QED) is 0.768. The molecule has 3 aromatic rings. The number of para-hydroxylation sites is 1. The first-order chi connectivity index (χ1) is 9.86. The highest BCUT2D eigenvalue weighted by atomic mass is 15.4. The van der Waals surface area contributed by atoms with Gasteiger partial charge in [-0.3, -0.25) is 4.98 Å². The zero-order valence-electron chi connectivity index (χ0n) is 11.5. The van der Waals surface area contributed by atoms with Crippen molar-refractivity contribution in [2.45, 2.75) is 20.0 Å². The molecule has 0 aliphatic carbocycles. The Morgan fingerprint density at radius 3 is 3.00 bits per heavy atom. The summed E-state index contributed by atoms with van der Waals surface area (Å²) in [5.74, 6) is 0. The van der Waals surface area contributed by atoms with Crippen molar-refractivity contribution in [3.63, 3.8) is 0 Å². The lowest BCUT2D eigenvalue weighted by Gasteiger charge is -2.05. The van der Waals surface area contributed by atoms with Gasteiger partial charge in [0.1, 0.15) is 0 Å². The number of hydrogen-bond donors (Lipinski definition) is 1. The van der Waals surface area contributed by atoms with Gasteiger partial charge in [0.05, 0.1) is 24.0 Å². The Labute approximate surface area is 117 Å². The van der Waals surface area contributed by atoms with Gasteiger partial charge in [-0.15, -0.1) is 5.10 Å². The second-order valence-corrected chi connectivity index (χ2v) is 4.68. The van der Waals surface area contributed by atoms with Crippen LogP contribution >= 0.6 is 0 Å². The van der Waals surface area contributed by atoms with Crippen LogP contribution in [-0.2, 0) is 13.1 Å². The molecule has 1 aromatic carbocycles. The average molecular weight is 267 g/mol. The molecule has 3 rings (SSSR count). The van der Waals surface area contributed by atoms with E-state index in [0.717, 1.165) is 24.3 Å². The number of benzene rings is 1. The number of fused-ring (bicyclic) bond motifs is 1. The van der Waals surface area contributed by atoms with E-state index in [9.17, 15) is 0 Å². The van der Waals surface area contributed by atoms with Crippen LogP contribution in [0.5, 0.6) is 0 Å². The smallest absolute Gasteiger partial charge is 0.0964 e. The van der Waals surface area contributed by atoms with E-state index in [4.69, 9.17) is 0 Å². The predicted octanol–water partition coefficient (Wildman–Crippen LogP) is 1.98. The Bertz CT molecular complexity index is 699. The SMILES string of the molecule is CCNCc1cn(Cc2ccnc3ccccc23)nn1. The molecule has 2 heterocycles. The summed E-state index contributed by atoms with van der Waals surface area (Å²) < 4.78 is 1.87. The topological polar surface area (TPSA) is 55.6 Å². The molecule has 5 heteroatoms. The second-order valence-electron chi connectivity index (χ2n) is 4.68. The molecule has 2 aromatic heterocycles. The van der Waals surface area contributed by atoms with Crippen LogP contribution in [0.1, 0.15) is 18.2 Å². The minimum Gasteiger partial charge on any atom is -0.311 e. The Kier molecular flexibility index (Phi) is 3.69. The lowest BCUT2D eigenvalue weighted by molar-refractivity contribution is 0.650. The van der Waals surface area contributed by atoms with Gasteiger partial charge in [-0.05, 0) is 24.2 Å². The molecule has 0 unspecified atom stereocenters. The molecule has 20 heavy (non-hydrogen) atoms. The molecule has 0 aliphatic heterocycles. The molecule has 0 saturated heterocycles. The molecule has 0 spiro atoms. The molecule has 0 amide bonds. The van der Waals surface area contributed by atoms with Crippen molar-refractivity contribution in [2.24, 2.45) is 0 Å². The molecule has 102 valence electrons. The summed E-state index contributed by atoms with van der Waals surface area (Å²) in [6.45, 7) is 4.48. The largest absolute Gasteiger partial charge is 0.311 e. The lowest BCUT2D eigenvalue weighted by atomic mass is 10.1. The fourth-order valence-corrected chi connectivity index (χ4v) is 2.22. The highest BCUT2D eigenvalue weighted by Crippen LogP contribution is 2.16. The van der Waals surface area contributed by atoms with E-state index < -0.39 is 0 Å². The molecule has 0 atom stereocenters. The molecule has 0 saturated carbocycles. The third-order valence-corrected chi connectivity index (χ3v) is 3.21. The van der Waals surface area contributed by atoms with Gasteiger partial charge < -0.3 is 5.32 Å². The van der Waals surface area contributed by atoms with Crippen molar-refractivity contribution >= 4 is 10.9 Å². The van der Waals surface area contributed by atoms with Gasteiger partial charge in [0.25, 0.3) is 0 Å². The van der Waals surface area contributed by atoms with Gasteiger partial charge in [-0.25, -0.2) is 4.68 Å². The number of nitrogens with one attached hydrogen (secondary N) is 1. The summed E-state index contributed by atoms with van der Waals surface area (Å²) in [5.41, 5.74) is 3.18. The van der Waals surface area contributed by atoms with Crippen molar-refractivity contribution in [3.05, 3.63) is 54.0 Å². The van der Waals surface area contributed by atoms with Gasteiger partial charge in [0, 0.05) is 18.1 Å². The molecule has 0 fully saturated rings. The van der Waals surface area contributed by atoms with Gasteiger partial charge in [-0.1, -0.05) is 30.3 Å². The summed E-state index contributed by atoms with van der Waals surface area (Å²) >= 11 is 0. The fourth-order valence-electron chi connectivity index (χ4n) is 2.22. The molecule has 1 N–H and O–H groups in total. The van der Waals surface area contributed by atoms with Gasteiger partial charge >= 0.3 is 0 Å². The van der Waals surface area contributed by atoms with E-state index in [0.29, 0.717) is 6.54 Å². The fraction of sp³-hybridized carbons (Fsp3) is 0.267. The number of rotatable bonds is 5. The highest BCUT2D eigenvalue weighted by molar-refractivity contribution is 5.81. The van der Waals surface area contributed by atoms with Crippen molar-refractivity contribution < 1.29 is 0 Å². The summed E-state index contributed by atoms with van der Waals surface area (Å²) in [7, 11) is 0. The Hall–Kier alpha value is -2.27. The first-order valence-electron chi connectivity index (χ1n) is 6.79. The van der Waals surface area contributed by atoms with E-state index >= 15 is 0 Å². The van der Waals surface area contributed by atoms with Crippen LogP contribution in [0.25, 0.3) is 10.9 Å². The van der Waals surface area contributed by atoms with E-state index in [1.165, 1.54) is 10.9 Å². The molecular weight excluding hydrogens is 250 g/mol. The van der Waals surface area contributed by atoms with Crippen LogP contribution in [0.4, 0.5) is 0 Å². The molecule has 0 aliphatic rings. The van der Waals surface area contributed by atoms with Crippen LogP contribution in [0, 0.1) is 0 Å². The molecular formula is C15H17N5. The van der Waals surface area contributed by atoms with Crippen LogP contribution in [0.2, 0.25) is 0 Å². The Morgan fingerprint density at radius 1 is 1.20 bits per heavy atom. The van der Waals surface area contributed by atoms with Crippen molar-refractivity contribution in [1.82, 2.24) is 25.3 Å². The zero-order chi connectivity index (χ0) is 13.8. The first kappa shape index (κ1) is 12.7. The second kappa shape index (κ2) is 5.79. The standard InChI is InChI=1S/C15H17N5/c1-2-16-9-13-11-20(19-18-13)10-12-7-8-17-15-6-4-3-5-14(12)15/h3-8,11,16H,2,9-10H2,1H3. The Balaban J connectivity index is 1.84. The summed E-state index contributed by atoms with van der Waals surface area (Å²) in [5, 5.41) is 12.8. The maximum absolute atomic E-state index is 4.37. The van der Waals surface area contributed by atoms with Crippen LogP contribution < -0.4 is 5.32 Å². The van der Waals surface area contributed by atoms with Crippen molar-refractivity contribution in [1.29, 1.82) is 0 Å². The van der Waals surface area contributed by atoms with Gasteiger partial charge in [-0.2, -0.15) is 0 Å². The van der Waals surface area contributed by atoms with Crippen molar-refractivity contribution in [3.8, 4) is 0 Å². The van der Waals surface area contributed by atoms with Gasteiger partial charge in [0.2, 0.25) is 0 Å². The summed E-state index contributed by atoms with van der Waals surface area (Å²) in [6, 6.07) is 10.2. The lowest BCUT2D eigenvalue weighted by Crippen LogP contribution is -2.11. The third kappa shape index (κ3) is 2.67. The van der Waals surface area contributed by atoms with E-state index in [2.05, 4.69) is 33.6 Å². The van der Waals surface area contributed by atoms with E-state index in [1.807, 2.05) is 41.3 Å². The van der Waals surface area contributed by atoms with Crippen LogP contribution in [0.15, 0.2) is 42.7 Å². The van der Waals surface area contributed by atoms with Gasteiger partial charge in [0.15, 0.2) is 0 Å². The van der Waals surface area contributed by atoms with Crippen LogP contribution in [-0.4, -0.2) is 26.5 Å². The number of aromatic nitrogens is 4. The maximum Gasteiger partial charge on any atom is 0.0964 e. The summed E-state index contributed by atoms with van der Waals surface area (Å²) in [4.78, 5) is 4.37. The van der Waals surface area contributed by atoms with E-state index in [1.54, 1.807) is 0 Å². The van der Waals surface area contributed by atoms with Crippen LogP contribution in [0.3, 0.4) is 0 Å². The normalized spacial score (nSPS) is 11.1. The zero-order valence-corrected chi connectivity index (χ0v) is 11.5. The predicted molar refractivity (Wildman–Crippen MR) is 78.2 cm³/mol. The summed E-state index contributed by atoms with van der Waals surface area (Å²) in [6.07, 6.45) is 3.83. The van der Waals surface area contributed by atoms with Crippen molar-refractivity contribution in [2.75, 3.05) is 6.54 Å². The molecule has 0 bridgehead atoms. The average Bonchev–Trinajstić information content (AvgIpc) is 2.93. The number of nitrogens with zero attached hydrogens (tertiary/aromatic N) is 4. The van der Waals surface area contributed by atoms with E-state index in [-0.39, 0.29) is 0 Å². The highest BCUT2D eigenvalue weighted by Gasteiger charge is 2.04. The maximum atomic E-state index is 4.37. The monoisotopic (exact) mass is 267 g/mol. The molecule has 5 nitrogen and oxygen atoms in total. The first-order valence-corrected chi connectivity index (χ1v) is 6.79. The molecule has 0 radical (unpaired) electrons.